The van der Waals surface area contributed by atoms with Gasteiger partial charge in [0, 0.05) is 48.1 Å². The molecule has 0 aliphatic carbocycles. The SMILES string of the molecule is CN1CCN(c2ccc(-c3cccc(NC(=O)Nc4cccc(Cl)c4)c3)nn2)CC1. The average molecular weight is 423 g/mol. The molecule has 30 heavy (non-hydrogen) atoms. The van der Waals surface area contributed by atoms with Crippen molar-refractivity contribution in [3.63, 3.8) is 0 Å². The van der Waals surface area contributed by atoms with E-state index in [2.05, 4.69) is 37.7 Å². The minimum Gasteiger partial charge on any atom is -0.353 e. The van der Waals surface area contributed by atoms with Crippen molar-refractivity contribution in [2.75, 3.05) is 48.8 Å². The summed E-state index contributed by atoms with van der Waals surface area (Å²) in [4.78, 5) is 16.8. The monoisotopic (exact) mass is 422 g/mol. The van der Waals surface area contributed by atoms with Gasteiger partial charge >= 0.3 is 6.03 Å². The van der Waals surface area contributed by atoms with E-state index in [-0.39, 0.29) is 6.03 Å². The molecule has 1 fully saturated rings. The summed E-state index contributed by atoms with van der Waals surface area (Å²) >= 11 is 5.95. The number of carbonyl (C=O) groups excluding carboxylic acids is 1. The van der Waals surface area contributed by atoms with Crippen LogP contribution in [0.5, 0.6) is 0 Å². The molecule has 0 saturated carbocycles. The van der Waals surface area contributed by atoms with Crippen molar-refractivity contribution in [3.05, 3.63) is 65.7 Å². The molecule has 1 saturated heterocycles. The molecule has 1 aromatic heterocycles. The van der Waals surface area contributed by atoms with Gasteiger partial charge in [0.15, 0.2) is 5.82 Å². The highest BCUT2D eigenvalue weighted by Crippen LogP contribution is 2.23. The first-order valence-electron chi connectivity index (χ1n) is 9.78. The number of urea groups is 1. The molecular weight excluding hydrogens is 400 g/mol. The predicted octanol–water partition coefficient (Wildman–Crippen LogP) is 4.19. The van der Waals surface area contributed by atoms with Crippen molar-refractivity contribution in [3.8, 4) is 11.3 Å². The van der Waals surface area contributed by atoms with Crippen molar-refractivity contribution in [2.45, 2.75) is 0 Å². The summed E-state index contributed by atoms with van der Waals surface area (Å²) in [6, 6.07) is 18.1. The van der Waals surface area contributed by atoms with Crippen LogP contribution >= 0.6 is 11.6 Å². The van der Waals surface area contributed by atoms with E-state index in [4.69, 9.17) is 11.6 Å². The Balaban J connectivity index is 1.42. The van der Waals surface area contributed by atoms with Crippen molar-refractivity contribution < 1.29 is 4.79 Å². The molecule has 3 aromatic rings. The molecule has 2 amide bonds. The zero-order valence-corrected chi connectivity index (χ0v) is 17.4. The highest BCUT2D eigenvalue weighted by molar-refractivity contribution is 6.30. The fraction of sp³-hybridized carbons (Fsp3) is 0.227. The lowest BCUT2D eigenvalue weighted by Crippen LogP contribution is -2.44. The number of carbonyl (C=O) groups is 1. The van der Waals surface area contributed by atoms with E-state index in [0.717, 1.165) is 43.3 Å². The molecular formula is C22H23ClN6O. The summed E-state index contributed by atoms with van der Waals surface area (Å²) in [7, 11) is 2.13. The third-order valence-electron chi connectivity index (χ3n) is 4.98. The van der Waals surface area contributed by atoms with Crippen LogP contribution in [0.4, 0.5) is 22.0 Å². The second kappa shape index (κ2) is 9.11. The fourth-order valence-electron chi connectivity index (χ4n) is 3.30. The van der Waals surface area contributed by atoms with Crippen LogP contribution in [0.1, 0.15) is 0 Å². The molecule has 154 valence electrons. The Morgan fingerprint density at radius 2 is 1.60 bits per heavy atom. The first-order chi connectivity index (χ1) is 14.6. The second-order valence-corrected chi connectivity index (χ2v) is 7.67. The van der Waals surface area contributed by atoms with Crippen LogP contribution in [0, 0.1) is 0 Å². The van der Waals surface area contributed by atoms with Gasteiger partial charge in [0.1, 0.15) is 0 Å². The summed E-state index contributed by atoms with van der Waals surface area (Å²) in [5.41, 5.74) is 2.93. The first kappa shape index (κ1) is 20.1. The maximum Gasteiger partial charge on any atom is 0.323 e. The number of nitrogens with one attached hydrogen (secondary N) is 2. The van der Waals surface area contributed by atoms with Gasteiger partial charge in [-0.25, -0.2) is 4.79 Å². The van der Waals surface area contributed by atoms with E-state index in [0.29, 0.717) is 16.4 Å². The topological polar surface area (TPSA) is 73.4 Å². The number of piperazine rings is 1. The number of aromatic nitrogens is 2. The molecule has 2 N–H and O–H groups in total. The Bertz CT molecular complexity index is 1020. The number of benzene rings is 2. The molecule has 8 heteroatoms. The van der Waals surface area contributed by atoms with Crippen LogP contribution in [-0.2, 0) is 0 Å². The molecule has 0 spiro atoms. The Labute approximate surface area is 180 Å². The number of hydrogen-bond donors (Lipinski definition) is 2. The predicted molar refractivity (Wildman–Crippen MR) is 121 cm³/mol. The Morgan fingerprint density at radius 1 is 0.900 bits per heavy atom. The quantitative estimate of drug-likeness (QED) is 0.659. The first-order valence-corrected chi connectivity index (χ1v) is 10.2. The van der Waals surface area contributed by atoms with Crippen LogP contribution in [0.2, 0.25) is 5.02 Å². The van der Waals surface area contributed by atoms with Crippen molar-refractivity contribution >= 4 is 34.8 Å². The van der Waals surface area contributed by atoms with Gasteiger partial charge in [0.2, 0.25) is 0 Å². The van der Waals surface area contributed by atoms with E-state index in [1.54, 1.807) is 24.3 Å². The van der Waals surface area contributed by atoms with Crippen LogP contribution in [-0.4, -0.2) is 54.4 Å². The normalized spacial score (nSPS) is 14.4. The fourth-order valence-corrected chi connectivity index (χ4v) is 3.49. The number of hydrogen-bond acceptors (Lipinski definition) is 5. The Kier molecular flexibility index (Phi) is 6.11. The maximum absolute atomic E-state index is 12.3. The number of anilines is 3. The highest BCUT2D eigenvalue weighted by Gasteiger charge is 2.15. The summed E-state index contributed by atoms with van der Waals surface area (Å²) in [6.07, 6.45) is 0. The van der Waals surface area contributed by atoms with E-state index < -0.39 is 0 Å². The number of rotatable bonds is 4. The molecule has 0 atom stereocenters. The van der Waals surface area contributed by atoms with Gasteiger partial charge < -0.3 is 20.4 Å². The summed E-state index contributed by atoms with van der Waals surface area (Å²) in [6.45, 7) is 3.94. The molecule has 1 aliphatic heterocycles. The van der Waals surface area contributed by atoms with Crippen LogP contribution in [0.25, 0.3) is 11.3 Å². The minimum atomic E-state index is -0.342. The maximum atomic E-state index is 12.3. The van der Waals surface area contributed by atoms with Crippen LogP contribution in [0.15, 0.2) is 60.7 Å². The molecule has 0 unspecified atom stereocenters. The molecule has 0 radical (unpaired) electrons. The van der Waals surface area contributed by atoms with E-state index in [1.165, 1.54) is 0 Å². The van der Waals surface area contributed by atoms with Crippen molar-refractivity contribution in [2.24, 2.45) is 0 Å². The van der Waals surface area contributed by atoms with Crippen molar-refractivity contribution in [1.82, 2.24) is 15.1 Å². The molecule has 2 heterocycles. The van der Waals surface area contributed by atoms with Gasteiger partial charge in [-0.05, 0) is 49.5 Å². The van der Waals surface area contributed by atoms with E-state index in [1.807, 2.05) is 36.4 Å². The van der Waals surface area contributed by atoms with Gasteiger partial charge in [0.05, 0.1) is 5.69 Å². The minimum absolute atomic E-state index is 0.342. The summed E-state index contributed by atoms with van der Waals surface area (Å²) in [5.74, 6) is 0.891. The molecule has 4 rings (SSSR count). The zero-order chi connectivity index (χ0) is 20.9. The smallest absolute Gasteiger partial charge is 0.323 e. The van der Waals surface area contributed by atoms with Gasteiger partial charge in [-0.3, -0.25) is 0 Å². The number of amides is 2. The van der Waals surface area contributed by atoms with Gasteiger partial charge in [0.25, 0.3) is 0 Å². The molecule has 7 nitrogen and oxygen atoms in total. The van der Waals surface area contributed by atoms with Crippen LogP contribution in [0.3, 0.4) is 0 Å². The lowest BCUT2D eigenvalue weighted by Gasteiger charge is -2.32. The van der Waals surface area contributed by atoms with Gasteiger partial charge in [-0.1, -0.05) is 29.8 Å². The third kappa shape index (κ3) is 5.06. The largest absolute Gasteiger partial charge is 0.353 e. The number of nitrogens with zero attached hydrogens (tertiary/aromatic N) is 4. The van der Waals surface area contributed by atoms with Crippen LogP contribution < -0.4 is 15.5 Å². The zero-order valence-electron chi connectivity index (χ0n) is 16.7. The highest BCUT2D eigenvalue weighted by atomic mass is 35.5. The Hall–Kier alpha value is -3.16. The van der Waals surface area contributed by atoms with Gasteiger partial charge in [-0.2, -0.15) is 0 Å². The standard InChI is InChI=1S/C22H23ClN6O/c1-28-10-12-29(13-11-28)21-9-8-20(26-27-21)16-4-2-6-18(14-16)24-22(30)25-19-7-3-5-17(23)15-19/h2-9,14-15H,10-13H2,1H3,(H2,24,25,30). The third-order valence-corrected chi connectivity index (χ3v) is 5.21. The lowest BCUT2D eigenvalue weighted by molar-refractivity contribution is 0.262. The number of halogens is 1. The summed E-state index contributed by atoms with van der Waals surface area (Å²) in [5, 5.41) is 15.0. The van der Waals surface area contributed by atoms with Crippen molar-refractivity contribution in [1.29, 1.82) is 0 Å². The van der Waals surface area contributed by atoms with E-state index in [9.17, 15) is 4.79 Å². The van der Waals surface area contributed by atoms with Gasteiger partial charge in [-0.15, -0.1) is 10.2 Å². The summed E-state index contributed by atoms with van der Waals surface area (Å²) < 4.78 is 0. The molecule has 0 bridgehead atoms. The van der Waals surface area contributed by atoms with E-state index >= 15 is 0 Å². The second-order valence-electron chi connectivity index (χ2n) is 7.24. The Morgan fingerprint density at radius 3 is 2.27 bits per heavy atom. The lowest BCUT2D eigenvalue weighted by atomic mass is 10.1. The average Bonchev–Trinajstić information content (AvgIpc) is 2.74. The molecule has 1 aliphatic rings. The number of likely N-dealkylation sites (N-methyl/N-ethyl adjacent to an activating group) is 1. The molecule has 2 aromatic carbocycles.